The van der Waals surface area contributed by atoms with E-state index in [-0.39, 0.29) is 5.12 Å². The van der Waals surface area contributed by atoms with Crippen molar-refractivity contribution in [1.82, 2.24) is 0 Å². The SMILES string of the molecule is COc1ccc(C(Cl)[P+](c2ccccc2)(c2ccccc2)c2ccccc2)cc1OCc1ccccc1. The van der Waals surface area contributed by atoms with Crippen molar-refractivity contribution < 1.29 is 9.47 Å². The topological polar surface area (TPSA) is 18.5 Å². The third-order valence-corrected chi connectivity index (χ3v) is 12.0. The quantitative estimate of drug-likeness (QED) is 0.147. The van der Waals surface area contributed by atoms with Crippen LogP contribution in [0.2, 0.25) is 0 Å². The van der Waals surface area contributed by atoms with Crippen LogP contribution in [-0.2, 0) is 6.61 Å². The van der Waals surface area contributed by atoms with Gasteiger partial charge in [0.05, 0.1) is 7.11 Å². The average Bonchev–Trinajstić information content (AvgIpc) is 2.98. The lowest BCUT2D eigenvalue weighted by atomic mass is 10.2. The summed E-state index contributed by atoms with van der Waals surface area (Å²) in [5.74, 6) is 1.37. The van der Waals surface area contributed by atoms with Crippen LogP contribution in [0.3, 0.4) is 0 Å². The van der Waals surface area contributed by atoms with Crippen molar-refractivity contribution in [2.24, 2.45) is 0 Å². The maximum Gasteiger partial charge on any atom is 0.181 e. The fourth-order valence-corrected chi connectivity index (χ4v) is 10.1. The molecule has 1 unspecified atom stereocenters. The largest absolute Gasteiger partial charge is 0.493 e. The number of hydrogen-bond acceptors (Lipinski definition) is 2. The molecule has 2 nitrogen and oxygen atoms in total. The van der Waals surface area contributed by atoms with Gasteiger partial charge in [0.2, 0.25) is 0 Å². The molecular formula is C33H29ClO2P+. The summed E-state index contributed by atoms with van der Waals surface area (Å²) in [5.41, 5.74) is 2.09. The number of halogens is 1. The molecule has 0 saturated carbocycles. The van der Waals surface area contributed by atoms with Gasteiger partial charge in [0, 0.05) is 5.56 Å². The zero-order valence-corrected chi connectivity index (χ0v) is 22.4. The Labute approximate surface area is 224 Å². The van der Waals surface area contributed by atoms with E-state index < -0.39 is 7.26 Å². The molecule has 0 aliphatic rings. The molecule has 37 heavy (non-hydrogen) atoms. The Kier molecular flexibility index (Phi) is 7.90. The zero-order chi connectivity index (χ0) is 25.5. The summed E-state index contributed by atoms with van der Waals surface area (Å²) in [5, 5.41) is 3.37. The van der Waals surface area contributed by atoms with Crippen molar-refractivity contribution in [3.05, 3.63) is 151 Å². The monoisotopic (exact) mass is 523 g/mol. The summed E-state index contributed by atoms with van der Waals surface area (Å²) >= 11 is 7.67. The molecule has 0 radical (unpaired) electrons. The van der Waals surface area contributed by atoms with Gasteiger partial charge in [0.15, 0.2) is 16.6 Å². The van der Waals surface area contributed by atoms with Crippen molar-refractivity contribution >= 4 is 34.8 Å². The fraction of sp³-hybridized carbons (Fsp3) is 0.0909. The Morgan fingerprint density at radius 2 is 1.05 bits per heavy atom. The van der Waals surface area contributed by atoms with Gasteiger partial charge in [0.1, 0.15) is 29.8 Å². The van der Waals surface area contributed by atoms with Crippen molar-refractivity contribution in [3.63, 3.8) is 0 Å². The highest BCUT2D eigenvalue weighted by atomic mass is 35.5. The Balaban J connectivity index is 1.66. The highest BCUT2D eigenvalue weighted by Crippen LogP contribution is 2.68. The summed E-state index contributed by atoms with van der Waals surface area (Å²) in [4.78, 5) is 0. The van der Waals surface area contributed by atoms with Gasteiger partial charge in [-0.1, -0.05) is 96.5 Å². The second-order valence-corrected chi connectivity index (χ2v) is 13.0. The Morgan fingerprint density at radius 1 is 0.595 bits per heavy atom. The first kappa shape index (κ1) is 25.1. The predicted molar refractivity (Wildman–Crippen MR) is 158 cm³/mol. The van der Waals surface area contributed by atoms with Crippen LogP contribution in [0.5, 0.6) is 11.5 Å². The normalized spacial score (nSPS) is 12.1. The molecular weight excluding hydrogens is 495 g/mol. The van der Waals surface area contributed by atoms with E-state index in [4.69, 9.17) is 21.1 Å². The van der Waals surface area contributed by atoms with Crippen LogP contribution >= 0.6 is 18.9 Å². The molecule has 1 atom stereocenters. The molecule has 5 rings (SSSR count). The summed E-state index contributed by atoms with van der Waals surface area (Å²) < 4.78 is 11.9. The second kappa shape index (κ2) is 11.6. The first-order chi connectivity index (χ1) is 18.2. The lowest BCUT2D eigenvalue weighted by Gasteiger charge is -2.32. The van der Waals surface area contributed by atoms with E-state index in [1.807, 2.05) is 30.3 Å². The number of methoxy groups -OCH3 is 1. The maximum atomic E-state index is 7.67. The van der Waals surface area contributed by atoms with Crippen molar-refractivity contribution in [3.8, 4) is 11.5 Å². The van der Waals surface area contributed by atoms with E-state index in [1.54, 1.807) is 7.11 Å². The van der Waals surface area contributed by atoms with Gasteiger partial charge in [0.25, 0.3) is 0 Å². The van der Waals surface area contributed by atoms with E-state index in [9.17, 15) is 0 Å². The molecule has 0 aliphatic carbocycles. The lowest BCUT2D eigenvalue weighted by Crippen LogP contribution is -2.33. The molecule has 5 aromatic carbocycles. The maximum absolute atomic E-state index is 7.67. The van der Waals surface area contributed by atoms with Crippen LogP contribution < -0.4 is 25.4 Å². The molecule has 0 saturated heterocycles. The molecule has 4 heteroatoms. The zero-order valence-electron chi connectivity index (χ0n) is 20.7. The molecule has 0 amide bonds. The minimum Gasteiger partial charge on any atom is -0.493 e. The first-order valence-electron chi connectivity index (χ1n) is 12.3. The first-order valence-corrected chi connectivity index (χ1v) is 14.6. The Morgan fingerprint density at radius 3 is 1.51 bits per heavy atom. The van der Waals surface area contributed by atoms with Crippen LogP contribution in [-0.4, -0.2) is 7.11 Å². The minimum atomic E-state index is -2.32. The van der Waals surface area contributed by atoms with Crippen molar-refractivity contribution in [1.29, 1.82) is 0 Å². The molecule has 0 fully saturated rings. The number of alkyl halides is 1. The standard InChI is InChI=1S/C33H29ClO2P/c1-35-31-23-22-27(24-32(31)36-25-26-14-6-2-7-15-26)33(34)37(28-16-8-3-9-17-28,29-18-10-4-11-19-29)30-20-12-5-13-21-30/h2-24,33H,25H2,1H3/q+1. The molecule has 0 spiro atoms. The van der Waals surface area contributed by atoms with Crippen molar-refractivity contribution in [2.45, 2.75) is 11.7 Å². The Bertz CT molecular complexity index is 1310. The summed E-state index contributed by atoms with van der Waals surface area (Å²) in [7, 11) is -0.653. The molecule has 0 heterocycles. The van der Waals surface area contributed by atoms with E-state index in [1.165, 1.54) is 15.9 Å². The van der Waals surface area contributed by atoms with Gasteiger partial charge in [-0.15, -0.1) is 0 Å². The van der Waals surface area contributed by atoms with Gasteiger partial charge < -0.3 is 9.47 Å². The van der Waals surface area contributed by atoms with Crippen molar-refractivity contribution in [2.75, 3.05) is 7.11 Å². The van der Waals surface area contributed by atoms with Crippen LogP contribution in [0.4, 0.5) is 0 Å². The van der Waals surface area contributed by atoms with Crippen LogP contribution in [0, 0.1) is 0 Å². The second-order valence-electron chi connectivity index (χ2n) is 8.75. The number of hydrogen-bond donors (Lipinski definition) is 0. The predicted octanol–water partition coefficient (Wildman–Crippen LogP) is 7.51. The van der Waals surface area contributed by atoms with E-state index in [0.29, 0.717) is 18.1 Å². The van der Waals surface area contributed by atoms with Gasteiger partial charge >= 0.3 is 0 Å². The van der Waals surface area contributed by atoms with E-state index in [2.05, 4.69) is 109 Å². The minimum absolute atomic E-state index is 0.329. The number of benzene rings is 5. The lowest BCUT2D eigenvalue weighted by molar-refractivity contribution is 0.284. The average molecular weight is 524 g/mol. The smallest absolute Gasteiger partial charge is 0.181 e. The highest BCUT2D eigenvalue weighted by molar-refractivity contribution is 7.96. The third kappa shape index (κ3) is 5.14. The molecule has 0 aliphatic heterocycles. The van der Waals surface area contributed by atoms with Crippen LogP contribution in [0.15, 0.2) is 140 Å². The van der Waals surface area contributed by atoms with Gasteiger partial charge in [-0.2, -0.15) is 0 Å². The fourth-order valence-electron chi connectivity index (χ4n) is 4.74. The van der Waals surface area contributed by atoms with Gasteiger partial charge in [-0.05, 0) is 60.2 Å². The number of rotatable bonds is 9. The van der Waals surface area contributed by atoms with Gasteiger partial charge in [-0.3, -0.25) is 0 Å². The molecule has 0 bridgehead atoms. The van der Waals surface area contributed by atoms with Crippen LogP contribution in [0.25, 0.3) is 0 Å². The molecule has 0 N–H and O–H groups in total. The van der Waals surface area contributed by atoms with E-state index >= 15 is 0 Å². The highest BCUT2D eigenvalue weighted by Gasteiger charge is 2.52. The third-order valence-electron chi connectivity index (χ3n) is 6.53. The van der Waals surface area contributed by atoms with E-state index in [0.717, 1.165) is 11.1 Å². The Hall–Kier alpha value is -3.58. The van der Waals surface area contributed by atoms with Crippen LogP contribution in [0.1, 0.15) is 16.2 Å². The summed E-state index contributed by atoms with van der Waals surface area (Å²) in [6.45, 7) is 0.448. The number of ether oxygens (including phenoxy) is 2. The summed E-state index contributed by atoms with van der Waals surface area (Å²) in [6.07, 6.45) is 0. The van der Waals surface area contributed by atoms with Gasteiger partial charge in [-0.25, -0.2) is 0 Å². The summed E-state index contributed by atoms with van der Waals surface area (Å²) in [6, 6.07) is 48.2. The molecule has 0 aromatic heterocycles. The molecule has 5 aromatic rings. The molecule has 184 valence electrons.